The predicted molar refractivity (Wildman–Crippen MR) is 79.8 cm³/mol. The van der Waals surface area contributed by atoms with Gasteiger partial charge in [0.2, 0.25) is 0 Å². The molecule has 18 heavy (non-hydrogen) atoms. The zero-order chi connectivity index (χ0) is 13.1. The van der Waals surface area contributed by atoms with Crippen molar-refractivity contribution < 1.29 is 5.11 Å². The Bertz CT molecular complexity index is 375. The standard InChI is InChI=1S/C13H21BrN2OS/c1-9(15)13(11-2-3-12(14)18-11)16-6-4-10(8-17)5-7-16/h2-3,9-10,13,17H,4-8,15H2,1H3. The van der Waals surface area contributed by atoms with Crippen LogP contribution in [-0.2, 0) is 0 Å². The predicted octanol–water partition coefficient (Wildman–Crippen LogP) is 2.60. The van der Waals surface area contributed by atoms with Crippen LogP contribution in [0.3, 0.4) is 0 Å². The fourth-order valence-corrected chi connectivity index (χ4v) is 4.35. The molecule has 0 amide bonds. The van der Waals surface area contributed by atoms with Crippen molar-refractivity contribution >= 4 is 27.3 Å². The minimum absolute atomic E-state index is 0.126. The second-order valence-corrected chi connectivity index (χ2v) is 7.60. The molecule has 3 N–H and O–H groups in total. The summed E-state index contributed by atoms with van der Waals surface area (Å²) in [5, 5.41) is 9.20. The maximum Gasteiger partial charge on any atom is 0.0702 e. The lowest BCUT2D eigenvalue weighted by molar-refractivity contribution is 0.0928. The molecule has 1 aromatic heterocycles. The number of piperidine rings is 1. The number of rotatable bonds is 4. The highest BCUT2D eigenvalue weighted by molar-refractivity contribution is 9.11. The molecule has 102 valence electrons. The molecule has 2 heterocycles. The van der Waals surface area contributed by atoms with Gasteiger partial charge in [0.05, 0.1) is 9.83 Å². The first-order valence-corrected chi connectivity index (χ1v) is 8.08. The summed E-state index contributed by atoms with van der Waals surface area (Å²) in [4.78, 5) is 3.80. The van der Waals surface area contributed by atoms with E-state index in [1.807, 2.05) is 0 Å². The molecule has 1 fully saturated rings. The van der Waals surface area contributed by atoms with Crippen LogP contribution in [0.4, 0.5) is 0 Å². The lowest BCUT2D eigenvalue weighted by Crippen LogP contribution is -2.43. The summed E-state index contributed by atoms with van der Waals surface area (Å²) in [6.45, 7) is 4.47. The van der Waals surface area contributed by atoms with Crippen LogP contribution in [-0.4, -0.2) is 35.7 Å². The highest BCUT2D eigenvalue weighted by Crippen LogP contribution is 2.34. The number of hydrogen-bond acceptors (Lipinski definition) is 4. The zero-order valence-electron chi connectivity index (χ0n) is 10.7. The molecular weight excluding hydrogens is 312 g/mol. The summed E-state index contributed by atoms with van der Waals surface area (Å²) in [6.07, 6.45) is 2.15. The first-order valence-electron chi connectivity index (χ1n) is 6.47. The third-order valence-electron chi connectivity index (χ3n) is 3.68. The first kappa shape index (κ1) is 14.5. The molecule has 1 aromatic rings. The van der Waals surface area contributed by atoms with Crippen molar-refractivity contribution in [1.82, 2.24) is 4.90 Å². The van der Waals surface area contributed by atoms with Gasteiger partial charge in [0.15, 0.2) is 0 Å². The van der Waals surface area contributed by atoms with Crippen molar-refractivity contribution in [3.63, 3.8) is 0 Å². The quantitative estimate of drug-likeness (QED) is 0.890. The van der Waals surface area contributed by atoms with E-state index in [4.69, 9.17) is 5.73 Å². The Labute approximate surface area is 121 Å². The van der Waals surface area contributed by atoms with Gasteiger partial charge < -0.3 is 10.8 Å². The number of hydrogen-bond donors (Lipinski definition) is 2. The molecule has 0 bridgehead atoms. The summed E-state index contributed by atoms with van der Waals surface area (Å²) in [6, 6.07) is 4.69. The van der Waals surface area contributed by atoms with Gasteiger partial charge in [0.25, 0.3) is 0 Å². The van der Waals surface area contributed by atoms with E-state index in [0.717, 1.165) is 29.7 Å². The summed E-state index contributed by atoms with van der Waals surface area (Å²) in [5.41, 5.74) is 6.18. The van der Waals surface area contributed by atoms with Crippen molar-refractivity contribution in [2.24, 2.45) is 11.7 Å². The average molecular weight is 333 g/mol. The van der Waals surface area contributed by atoms with Crippen LogP contribution >= 0.6 is 27.3 Å². The van der Waals surface area contributed by atoms with Gasteiger partial charge in [0, 0.05) is 17.5 Å². The van der Waals surface area contributed by atoms with Crippen LogP contribution in [0.2, 0.25) is 0 Å². The van der Waals surface area contributed by atoms with Crippen molar-refractivity contribution in [2.75, 3.05) is 19.7 Å². The molecule has 1 saturated heterocycles. The SMILES string of the molecule is CC(N)C(c1ccc(Br)s1)N1CCC(CO)CC1. The number of nitrogens with zero attached hydrogens (tertiary/aromatic N) is 1. The van der Waals surface area contributed by atoms with E-state index >= 15 is 0 Å². The van der Waals surface area contributed by atoms with E-state index in [-0.39, 0.29) is 6.04 Å². The molecule has 2 unspecified atom stereocenters. The molecule has 3 nitrogen and oxygen atoms in total. The van der Waals surface area contributed by atoms with E-state index in [0.29, 0.717) is 18.6 Å². The second-order valence-electron chi connectivity index (χ2n) is 5.11. The molecule has 2 atom stereocenters. The van der Waals surface area contributed by atoms with Gasteiger partial charge in [-0.25, -0.2) is 0 Å². The molecule has 0 spiro atoms. The topological polar surface area (TPSA) is 49.5 Å². The number of nitrogens with two attached hydrogens (primary N) is 1. The van der Waals surface area contributed by atoms with Gasteiger partial charge in [-0.2, -0.15) is 0 Å². The zero-order valence-corrected chi connectivity index (χ0v) is 13.1. The Morgan fingerprint density at radius 3 is 2.61 bits per heavy atom. The van der Waals surface area contributed by atoms with E-state index in [1.165, 1.54) is 4.88 Å². The minimum atomic E-state index is 0.126. The maximum absolute atomic E-state index is 9.20. The van der Waals surface area contributed by atoms with Crippen LogP contribution in [0.5, 0.6) is 0 Å². The van der Waals surface area contributed by atoms with Crippen molar-refractivity contribution in [1.29, 1.82) is 0 Å². The molecule has 0 aromatic carbocycles. The van der Waals surface area contributed by atoms with Gasteiger partial charge >= 0.3 is 0 Å². The van der Waals surface area contributed by atoms with E-state index in [9.17, 15) is 5.11 Å². The molecular formula is C13H21BrN2OS. The van der Waals surface area contributed by atoms with Crippen molar-refractivity contribution in [2.45, 2.75) is 31.8 Å². The number of thiophene rings is 1. The molecule has 5 heteroatoms. The van der Waals surface area contributed by atoms with E-state index in [1.54, 1.807) is 11.3 Å². The van der Waals surface area contributed by atoms with E-state index in [2.05, 4.69) is 39.9 Å². The Hall–Kier alpha value is 0.0600. The van der Waals surface area contributed by atoms with Crippen LogP contribution in [0, 0.1) is 5.92 Å². The second kappa shape index (κ2) is 6.48. The molecule has 1 aliphatic rings. The lowest BCUT2D eigenvalue weighted by Gasteiger charge is -2.38. The van der Waals surface area contributed by atoms with Gasteiger partial charge in [-0.05, 0) is 66.8 Å². The van der Waals surface area contributed by atoms with E-state index < -0.39 is 0 Å². The fourth-order valence-electron chi connectivity index (χ4n) is 2.67. The van der Waals surface area contributed by atoms with Gasteiger partial charge in [-0.1, -0.05) is 0 Å². The Morgan fingerprint density at radius 1 is 1.50 bits per heavy atom. The number of likely N-dealkylation sites (tertiary alicyclic amines) is 1. The molecule has 2 rings (SSSR count). The van der Waals surface area contributed by atoms with Gasteiger partial charge in [-0.3, -0.25) is 4.90 Å². The molecule has 0 radical (unpaired) electrons. The molecule has 0 aliphatic carbocycles. The van der Waals surface area contributed by atoms with Crippen LogP contribution < -0.4 is 5.73 Å². The number of aliphatic hydroxyl groups is 1. The first-order chi connectivity index (χ1) is 8.61. The maximum atomic E-state index is 9.20. The Balaban J connectivity index is 2.07. The third-order valence-corrected chi connectivity index (χ3v) is 5.38. The molecule has 0 saturated carbocycles. The Morgan fingerprint density at radius 2 is 2.17 bits per heavy atom. The highest BCUT2D eigenvalue weighted by Gasteiger charge is 2.29. The van der Waals surface area contributed by atoms with Gasteiger partial charge in [-0.15, -0.1) is 11.3 Å². The highest BCUT2D eigenvalue weighted by atomic mass is 79.9. The van der Waals surface area contributed by atoms with Crippen LogP contribution in [0.15, 0.2) is 15.9 Å². The number of aliphatic hydroxyl groups excluding tert-OH is 1. The summed E-state index contributed by atoms with van der Waals surface area (Å²) >= 11 is 5.29. The normalized spacial score (nSPS) is 22.0. The van der Waals surface area contributed by atoms with Crippen LogP contribution in [0.1, 0.15) is 30.7 Å². The average Bonchev–Trinajstić information content (AvgIpc) is 2.76. The van der Waals surface area contributed by atoms with Crippen molar-refractivity contribution in [3.05, 3.63) is 20.8 Å². The molecule has 1 aliphatic heterocycles. The lowest BCUT2D eigenvalue weighted by atomic mass is 9.95. The summed E-state index contributed by atoms with van der Waals surface area (Å²) in [5.74, 6) is 0.477. The van der Waals surface area contributed by atoms with Crippen LogP contribution in [0.25, 0.3) is 0 Å². The largest absolute Gasteiger partial charge is 0.396 e. The summed E-state index contributed by atoms with van der Waals surface area (Å²) < 4.78 is 1.16. The van der Waals surface area contributed by atoms with Crippen molar-refractivity contribution in [3.8, 4) is 0 Å². The Kier molecular flexibility index (Phi) is 5.21. The number of halogens is 1. The van der Waals surface area contributed by atoms with Gasteiger partial charge in [0.1, 0.15) is 0 Å². The fraction of sp³-hybridized carbons (Fsp3) is 0.692. The third kappa shape index (κ3) is 3.33. The smallest absolute Gasteiger partial charge is 0.0702 e. The minimum Gasteiger partial charge on any atom is -0.396 e. The monoisotopic (exact) mass is 332 g/mol. The summed E-state index contributed by atoms with van der Waals surface area (Å²) in [7, 11) is 0.